The van der Waals surface area contributed by atoms with Crippen LogP contribution < -0.4 is 15.0 Å². The van der Waals surface area contributed by atoms with Crippen LogP contribution >= 0.6 is 15.9 Å². The fourth-order valence-corrected chi connectivity index (χ4v) is 4.50. The van der Waals surface area contributed by atoms with Gasteiger partial charge in [-0.15, -0.1) is 6.58 Å². The predicted octanol–water partition coefficient (Wildman–Crippen LogP) is 6.09. The highest BCUT2D eigenvalue weighted by Gasteiger charge is 2.17. The monoisotopic (exact) mass is 568 g/mol. The molecule has 0 unspecified atom stereocenters. The second-order valence-electron chi connectivity index (χ2n) is 8.26. The summed E-state index contributed by atoms with van der Waals surface area (Å²) in [6.07, 6.45) is 3.75. The van der Waals surface area contributed by atoms with E-state index in [1.54, 1.807) is 36.6 Å². The molecule has 8 nitrogen and oxygen atoms in total. The molecule has 0 saturated heterocycles. The van der Waals surface area contributed by atoms with Gasteiger partial charge in [0, 0.05) is 15.4 Å². The van der Waals surface area contributed by atoms with Crippen LogP contribution in [0, 0.1) is 11.3 Å². The molecule has 0 radical (unpaired) electrons. The van der Waals surface area contributed by atoms with E-state index in [-0.39, 0.29) is 18.0 Å². The first-order chi connectivity index (χ1) is 18.5. The van der Waals surface area contributed by atoms with Gasteiger partial charge in [0.05, 0.1) is 24.2 Å². The lowest BCUT2D eigenvalue weighted by atomic mass is 10.1. The van der Waals surface area contributed by atoms with Gasteiger partial charge in [-0.1, -0.05) is 34.1 Å². The molecule has 0 bridgehead atoms. The van der Waals surface area contributed by atoms with E-state index in [1.165, 1.54) is 11.8 Å². The molecule has 0 aliphatic carbocycles. The number of furan rings is 1. The lowest BCUT2D eigenvalue weighted by Crippen LogP contribution is -2.20. The zero-order chi connectivity index (χ0) is 26.6. The number of benzene rings is 3. The summed E-state index contributed by atoms with van der Waals surface area (Å²) < 4.78 is 19.3. The van der Waals surface area contributed by atoms with Gasteiger partial charge >= 0.3 is 0 Å². The Labute approximate surface area is 226 Å². The average molecular weight is 569 g/mol. The Morgan fingerprint density at radius 3 is 2.84 bits per heavy atom. The summed E-state index contributed by atoms with van der Waals surface area (Å²) >= 11 is 3.48. The number of rotatable bonds is 8. The van der Waals surface area contributed by atoms with Crippen molar-refractivity contribution in [2.75, 3.05) is 13.7 Å². The van der Waals surface area contributed by atoms with Crippen molar-refractivity contribution in [3.63, 3.8) is 0 Å². The largest absolute Gasteiger partial charge is 0.493 e. The Morgan fingerprint density at radius 1 is 1.21 bits per heavy atom. The number of hydrogen-bond acceptors (Lipinski definition) is 7. The van der Waals surface area contributed by atoms with Gasteiger partial charge in [0.15, 0.2) is 23.9 Å². The Kier molecular flexibility index (Phi) is 7.07. The van der Waals surface area contributed by atoms with E-state index in [0.717, 1.165) is 15.4 Å². The summed E-state index contributed by atoms with van der Waals surface area (Å²) in [6, 6.07) is 20.1. The molecule has 0 amide bonds. The highest BCUT2D eigenvalue weighted by atomic mass is 79.9. The zero-order valence-electron chi connectivity index (χ0n) is 20.3. The van der Waals surface area contributed by atoms with Crippen molar-refractivity contribution < 1.29 is 13.9 Å². The predicted molar refractivity (Wildman–Crippen MR) is 150 cm³/mol. The summed E-state index contributed by atoms with van der Waals surface area (Å²) in [4.78, 5) is 18.3. The lowest BCUT2D eigenvalue weighted by molar-refractivity contribution is 0.327. The third-order valence-electron chi connectivity index (χ3n) is 5.79. The standard InChI is InChI=1S/C29H21BrN4O4/c1-3-6-19-13-18(14-25(36-2)27(19)37-12-11-31)17-32-34-28(33-23-8-5-4-7-22(23)29(34)35)26-16-20-15-21(30)9-10-24(20)38-26/h3-5,7-10,13-17H,1,6,12H2,2H3. The molecular formula is C29H21BrN4O4. The van der Waals surface area contributed by atoms with E-state index >= 15 is 0 Å². The first kappa shape index (κ1) is 25.0. The molecule has 0 atom stereocenters. The molecule has 0 saturated carbocycles. The minimum absolute atomic E-state index is 0.122. The van der Waals surface area contributed by atoms with Gasteiger partial charge in [-0.25, -0.2) is 4.98 Å². The van der Waals surface area contributed by atoms with E-state index in [4.69, 9.17) is 24.1 Å². The van der Waals surface area contributed by atoms with Crippen LogP contribution in [0.25, 0.3) is 33.5 Å². The van der Waals surface area contributed by atoms with E-state index in [2.05, 4.69) is 27.6 Å². The van der Waals surface area contributed by atoms with Gasteiger partial charge in [-0.05, 0) is 60.5 Å². The fraction of sp³-hybridized carbons (Fsp3) is 0.103. The van der Waals surface area contributed by atoms with Crippen LogP contribution in [-0.4, -0.2) is 29.6 Å². The number of nitrogens with zero attached hydrogens (tertiary/aromatic N) is 4. The highest BCUT2D eigenvalue weighted by molar-refractivity contribution is 9.10. The van der Waals surface area contributed by atoms with Crippen LogP contribution in [0.3, 0.4) is 0 Å². The molecule has 188 valence electrons. The third kappa shape index (κ3) is 4.82. The molecule has 0 fully saturated rings. The Morgan fingerprint density at radius 2 is 2.05 bits per heavy atom. The van der Waals surface area contributed by atoms with Crippen molar-refractivity contribution in [2.45, 2.75) is 6.42 Å². The Bertz CT molecular complexity index is 1810. The number of nitriles is 1. The molecule has 5 aromatic rings. The number of hydrogen-bond donors (Lipinski definition) is 0. The van der Waals surface area contributed by atoms with E-state index in [0.29, 0.717) is 45.7 Å². The summed E-state index contributed by atoms with van der Waals surface area (Å²) in [6.45, 7) is 3.68. The van der Waals surface area contributed by atoms with Crippen LogP contribution in [0.5, 0.6) is 11.5 Å². The van der Waals surface area contributed by atoms with Gasteiger partial charge in [0.1, 0.15) is 11.7 Å². The van der Waals surface area contributed by atoms with E-state index in [1.807, 2.05) is 42.5 Å². The molecule has 0 N–H and O–H groups in total. The molecule has 0 aliphatic rings. The second-order valence-corrected chi connectivity index (χ2v) is 9.17. The van der Waals surface area contributed by atoms with Crippen molar-refractivity contribution in [1.29, 1.82) is 5.26 Å². The molecular weight excluding hydrogens is 548 g/mol. The third-order valence-corrected chi connectivity index (χ3v) is 6.29. The van der Waals surface area contributed by atoms with Crippen molar-refractivity contribution in [3.05, 3.63) is 99.3 Å². The van der Waals surface area contributed by atoms with Crippen LogP contribution in [0.15, 0.2) is 92.1 Å². The van der Waals surface area contributed by atoms with Crippen molar-refractivity contribution >= 4 is 44.0 Å². The number of methoxy groups -OCH3 is 1. The number of fused-ring (bicyclic) bond motifs is 2. The smallest absolute Gasteiger partial charge is 0.282 e. The maximum absolute atomic E-state index is 13.5. The molecule has 9 heteroatoms. The number of para-hydroxylation sites is 1. The minimum Gasteiger partial charge on any atom is -0.493 e. The van der Waals surface area contributed by atoms with Crippen molar-refractivity contribution in [1.82, 2.24) is 9.66 Å². The van der Waals surface area contributed by atoms with Crippen LogP contribution in [-0.2, 0) is 6.42 Å². The van der Waals surface area contributed by atoms with Gasteiger partial charge in [-0.2, -0.15) is 15.0 Å². The molecule has 2 aromatic heterocycles. The highest BCUT2D eigenvalue weighted by Crippen LogP contribution is 2.33. The lowest BCUT2D eigenvalue weighted by Gasteiger charge is -2.14. The van der Waals surface area contributed by atoms with Crippen LogP contribution in [0.4, 0.5) is 0 Å². The van der Waals surface area contributed by atoms with Gasteiger partial charge in [0.25, 0.3) is 5.56 Å². The minimum atomic E-state index is -0.337. The normalized spacial score (nSPS) is 11.2. The summed E-state index contributed by atoms with van der Waals surface area (Å²) in [5.41, 5.74) is 2.28. The van der Waals surface area contributed by atoms with Gasteiger partial charge in [-0.3, -0.25) is 4.79 Å². The van der Waals surface area contributed by atoms with Gasteiger partial charge < -0.3 is 13.9 Å². The van der Waals surface area contributed by atoms with E-state index < -0.39 is 0 Å². The Hall–Kier alpha value is -4.68. The molecule has 38 heavy (non-hydrogen) atoms. The second kappa shape index (κ2) is 10.7. The first-order valence-corrected chi connectivity index (χ1v) is 12.4. The Balaban J connectivity index is 1.67. The summed E-state index contributed by atoms with van der Waals surface area (Å²) in [7, 11) is 1.52. The van der Waals surface area contributed by atoms with Crippen LogP contribution in [0.1, 0.15) is 11.1 Å². The maximum atomic E-state index is 13.5. The maximum Gasteiger partial charge on any atom is 0.282 e. The van der Waals surface area contributed by atoms with Crippen molar-refractivity contribution in [3.8, 4) is 29.2 Å². The SMILES string of the molecule is C=CCc1cc(C=Nn2c(-c3cc4cc(Br)ccc4o3)nc3ccccc3c2=O)cc(OC)c1OCC#N. The number of ether oxygens (including phenoxy) is 2. The molecule has 0 spiro atoms. The average Bonchev–Trinajstić information content (AvgIpc) is 3.35. The number of aromatic nitrogens is 2. The molecule has 5 rings (SSSR count). The molecule has 2 heterocycles. The number of allylic oxidation sites excluding steroid dienone is 1. The van der Waals surface area contributed by atoms with E-state index in [9.17, 15) is 4.79 Å². The van der Waals surface area contributed by atoms with Crippen molar-refractivity contribution in [2.24, 2.45) is 5.10 Å². The summed E-state index contributed by atoms with van der Waals surface area (Å²) in [5.74, 6) is 1.57. The fourth-order valence-electron chi connectivity index (χ4n) is 4.12. The topological polar surface area (TPSA) is 103 Å². The van der Waals surface area contributed by atoms with Gasteiger partial charge in [0.2, 0.25) is 5.82 Å². The summed E-state index contributed by atoms with van der Waals surface area (Å²) in [5, 5.41) is 14.8. The van der Waals surface area contributed by atoms with Crippen LogP contribution in [0.2, 0.25) is 0 Å². The number of halogens is 1. The quantitative estimate of drug-likeness (QED) is 0.166. The molecule has 0 aliphatic heterocycles. The molecule has 3 aromatic carbocycles. The zero-order valence-corrected chi connectivity index (χ0v) is 21.9. The first-order valence-electron chi connectivity index (χ1n) is 11.6.